The van der Waals surface area contributed by atoms with Gasteiger partial charge in [0.05, 0.1) is 0 Å². The standard InChI is InChI=1S/CH2O3.2Na/c2-1(3)4;;/h(H2,2,3,4);;/q;;+1/p-1. The molecule has 0 spiro atoms. The predicted octanol–water partition coefficient (Wildman–Crippen LogP) is -4.49. The first-order valence-electron chi connectivity index (χ1n) is 0.632. The van der Waals surface area contributed by atoms with E-state index in [9.17, 15) is 0 Å². The van der Waals surface area contributed by atoms with Gasteiger partial charge in [0.15, 0.2) is 0 Å². The molecule has 1 radical (unpaired) electrons. The topological polar surface area (TPSA) is 60.4 Å². The molecule has 25 valence electrons. The van der Waals surface area contributed by atoms with E-state index in [1.807, 2.05) is 0 Å². The average molecular weight is 107 g/mol. The van der Waals surface area contributed by atoms with Crippen molar-refractivity contribution in [1.82, 2.24) is 0 Å². The van der Waals surface area contributed by atoms with Crippen molar-refractivity contribution in [2.45, 2.75) is 0 Å². The van der Waals surface area contributed by atoms with Crippen LogP contribution in [0.1, 0.15) is 0 Å². The number of carboxylic acid groups (broad SMARTS) is 2. The van der Waals surface area contributed by atoms with Gasteiger partial charge < -0.3 is 15.0 Å². The summed E-state index contributed by atoms with van der Waals surface area (Å²) in [7, 11) is 0. The Labute approximate surface area is 79.3 Å². The summed E-state index contributed by atoms with van der Waals surface area (Å²) in [6.45, 7) is 0. The monoisotopic (exact) mass is 107 g/mol. The summed E-state index contributed by atoms with van der Waals surface area (Å²) in [5.41, 5.74) is 0. The minimum Gasteiger partial charge on any atom is -0.565 e. The van der Waals surface area contributed by atoms with Crippen LogP contribution in [0.3, 0.4) is 0 Å². The largest absolute Gasteiger partial charge is 1.00 e. The first kappa shape index (κ1) is 15.7. The quantitative estimate of drug-likeness (QED) is 0.317. The Morgan fingerprint density at radius 3 is 1.67 bits per heavy atom. The van der Waals surface area contributed by atoms with Crippen molar-refractivity contribution in [1.29, 1.82) is 0 Å². The van der Waals surface area contributed by atoms with Gasteiger partial charge in [0.1, 0.15) is 0 Å². The fourth-order valence-corrected chi connectivity index (χ4v) is 0. The Morgan fingerprint density at radius 1 is 1.67 bits per heavy atom. The van der Waals surface area contributed by atoms with Crippen molar-refractivity contribution >= 4 is 35.7 Å². The van der Waals surface area contributed by atoms with Gasteiger partial charge in [0.25, 0.3) is 0 Å². The van der Waals surface area contributed by atoms with E-state index in [0.717, 1.165) is 0 Å². The molecular weight excluding hydrogens is 106 g/mol. The second kappa shape index (κ2) is 9.55. The van der Waals surface area contributed by atoms with Crippen LogP contribution >= 0.6 is 0 Å². The van der Waals surface area contributed by atoms with Crippen LogP contribution in [0.2, 0.25) is 0 Å². The van der Waals surface area contributed by atoms with Gasteiger partial charge in [0.2, 0.25) is 6.16 Å². The van der Waals surface area contributed by atoms with Crippen molar-refractivity contribution in [2.75, 3.05) is 0 Å². The molecule has 6 heavy (non-hydrogen) atoms. The third-order valence-electron chi connectivity index (χ3n) is 0. The van der Waals surface area contributed by atoms with Crippen LogP contribution in [0, 0.1) is 0 Å². The first-order chi connectivity index (χ1) is 1.73. The van der Waals surface area contributed by atoms with Crippen LogP contribution in [0.4, 0.5) is 4.79 Å². The van der Waals surface area contributed by atoms with E-state index in [1.54, 1.807) is 0 Å². The minimum atomic E-state index is -2.08. The Balaban J connectivity index is -0.0000000450. The number of rotatable bonds is 0. The third kappa shape index (κ3) is 59.6. The molecule has 0 saturated carbocycles. The van der Waals surface area contributed by atoms with Gasteiger partial charge in [-0.25, -0.2) is 0 Å². The second-order valence-electron chi connectivity index (χ2n) is 0.266. The van der Waals surface area contributed by atoms with Gasteiger partial charge in [0, 0.05) is 29.6 Å². The normalized spacial score (nSPS) is 4.00. The summed E-state index contributed by atoms with van der Waals surface area (Å²) in [4.78, 5) is 8.44. The molecular formula is CHNa2O3. The second-order valence-corrected chi connectivity index (χ2v) is 0.266. The predicted molar refractivity (Wildman–Crippen MR) is 13.8 cm³/mol. The fraction of sp³-hybridized carbons (Fsp3) is 0. The fourth-order valence-electron chi connectivity index (χ4n) is 0. The smallest absolute Gasteiger partial charge is 0.565 e. The molecule has 0 rings (SSSR count). The van der Waals surface area contributed by atoms with Gasteiger partial charge in [-0.2, -0.15) is 0 Å². The molecule has 0 aliphatic heterocycles. The van der Waals surface area contributed by atoms with E-state index in [1.165, 1.54) is 0 Å². The van der Waals surface area contributed by atoms with Gasteiger partial charge in [-0.3, -0.25) is 0 Å². The molecule has 0 fully saturated rings. The molecule has 0 aliphatic rings. The van der Waals surface area contributed by atoms with E-state index < -0.39 is 6.16 Å². The van der Waals surface area contributed by atoms with Crippen LogP contribution in [0.25, 0.3) is 0 Å². The Hall–Kier alpha value is 1.27. The van der Waals surface area contributed by atoms with Crippen molar-refractivity contribution in [3.05, 3.63) is 0 Å². The summed E-state index contributed by atoms with van der Waals surface area (Å²) in [6, 6.07) is 0. The molecule has 1 N–H and O–H groups in total. The SMILES string of the molecule is O=C([O-])O.[Na+].[Na]. The van der Waals surface area contributed by atoms with Gasteiger partial charge >= 0.3 is 29.6 Å². The van der Waals surface area contributed by atoms with E-state index in [2.05, 4.69) is 0 Å². The Kier molecular flexibility index (Phi) is 25.0. The van der Waals surface area contributed by atoms with Crippen molar-refractivity contribution in [3.8, 4) is 0 Å². The molecule has 0 aromatic heterocycles. The number of carbonyl (C=O) groups is 1. The van der Waals surface area contributed by atoms with Crippen LogP contribution in [0.5, 0.6) is 0 Å². The molecule has 3 nitrogen and oxygen atoms in total. The van der Waals surface area contributed by atoms with E-state index >= 15 is 0 Å². The molecule has 0 atom stereocenters. The number of hydrogen-bond acceptors (Lipinski definition) is 2. The number of hydrogen-bond donors (Lipinski definition) is 1. The van der Waals surface area contributed by atoms with E-state index in [4.69, 9.17) is 15.0 Å². The molecule has 0 unspecified atom stereocenters. The molecule has 0 aromatic carbocycles. The maximum atomic E-state index is 8.44. The van der Waals surface area contributed by atoms with Crippen molar-refractivity contribution in [2.24, 2.45) is 0 Å². The summed E-state index contributed by atoms with van der Waals surface area (Å²) in [5.74, 6) is 0. The van der Waals surface area contributed by atoms with Crippen LogP contribution in [-0.2, 0) is 0 Å². The van der Waals surface area contributed by atoms with Gasteiger partial charge in [-0.05, 0) is 0 Å². The summed E-state index contributed by atoms with van der Waals surface area (Å²) in [5, 5.41) is 15.3. The third-order valence-corrected chi connectivity index (χ3v) is 0. The van der Waals surface area contributed by atoms with Crippen LogP contribution < -0.4 is 34.7 Å². The molecule has 0 amide bonds. The summed E-state index contributed by atoms with van der Waals surface area (Å²) >= 11 is 0. The molecule has 5 heteroatoms. The van der Waals surface area contributed by atoms with E-state index in [0.29, 0.717) is 0 Å². The Morgan fingerprint density at radius 2 is 1.67 bits per heavy atom. The maximum Gasteiger partial charge on any atom is 1.00 e. The van der Waals surface area contributed by atoms with Crippen LogP contribution in [-0.4, -0.2) is 40.8 Å². The van der Waals surface area contributed by atoms with Crippen molar-refractivity contribution in [3.63, 3.8) is 0 Å². The first-order valence-corrected chi connectivity index (χ1v) is 0.632. The molecule has 0 saturated heterocycles. The minimum absolute atomic E-state index is 0. The van der Waals surface area contributed by atoms with Crippen molar-refractivity contribution < 1.29 is 44.6 Å². The zero-order chi connectivity index (χ0) is 3.58. The van der Waals surface area contributed by atoms with Crippen LogP contribution in [0.15, 0.2) is 0 Å². The van der Waals surface area contributed by atoms with Gasteiger partial charge in [-0.1, -0.05) is 0 Å². The molecule has 0 aliphatic carbocycles. The summed E-state index contributed by atoms with van der Waals surface area (Å²) in [6.07, 6.45) is -2.08. The van der Waals surface area contributed by atoms with E-state index in [-0.39, 0.29) is 59.1 Å². The van der Waals surface area contributed by atoms with Gasteiger partial charge in [-0.15, -0.1) is 0 Å². The maximum absolute atomic E-state index is 8.44. The average Bonchev–Trinajstić information content (AvgIpc) is 0.811. The zero-order valence-electron chi connectivity index (χ0n) is 3.76. The molecule has 0 bridgehead atoms. The molecule has 0 aromatic rings. The summed E-state index contributed by atoms with van der Waals surface area (Å²) < 4.78 is 0. The molecule has 0 heterocycles. The Bertz CT molecular complexity index is 31.8. The zero-order valence-corrected chi connectivity index (χ0v) is 7.76.